The highest BCUT2D eigenvalue weighted by Gasteiger charge is 2.04. The van der Waals surface area contributed by atoms with Crippen molar-refractivity contribution in [3.05, 3.63) is 23.8 Å². The summed E-state index contributed by atoms with van der Waals surface area (Å²) in [4.78, 5) is 0. The van der Waals surface area contributed by atoms with E-state index in [4.69, 9.17) is 15.7 Å². The van der Waals surface area contributed by atoms with Crippen LogP contribution in [0.4, 0.5) is 5.69 Å². The van der Waals surface area contributed by atoms with E-state index >= 15 is 0 Å². The minimum Gasteiger partial charge on any atom is -0.497 e. The van der Waals surface area contributed by atoms with E-state index in [1.807, 2.05) is 6.92 Å². The second-order valence-electron chi connectivity index (χ2n) is 3.38. The van der Waals surface area contributed by atoms with Crippen LogP contribution < -0.4 is 15.8 Å². The zero-order chi connectivity index (χ0) is 11.3. The van der Waals surface area contributed by atoms with Crippen molar-refractivity contribution < 1.29 is 4.74 Å². The molecule has 0 aliphatic carbocycles. The monoisotopic (exact) mass is 205 g/mol. The lowest BCUT2D eigenvalue weighted by molar-refractivity contribution is 0.415. The molecule has 4 nitrogen and oxygen atoms in total. The van der Waals surface area contributed by atoms with Crippen LogP contribution in [-0.2, 0) is 0 Å². The van der Waals surface area contributed by atoms with E-state index in [0.29, 0.717) is 12.1 Å². The van der Waals surface area contributed by atoms with E-state index in [-0.39, 0.29) is 6.04 Å². The Labute approximate surface area is 89.7 Å². The highest BCUT2D eigenvalue weighted by molar-refractivity contribution is 5.60. The van der Waals surface area contributed by atoms with E-state index < -0.39 is 0 Å². The molecule has 1 unspecified atom stereocenters. The van der Waals surface area contributed by atoms with Crippen LogP contribution in [0.1, 0.15) is 12.5 Å². The highest BCUT2D eigenvalue weighted by Crippen LogP contribution is 2.21. The standard InChI is InChI=1S/C11H15N3O/c1-8(13)7-14-11-5-10(15-2)4-3-9(11)6-12/h3-5,8,14H,7,13H2,1-2H3. The molecule has 1 aromatic rings. The average molecular weight is 205 g/mol. The predicted molar refractivity (Wildman–Crippen MR) is 59.8 cm³/mol. The Hall–Kier alpha value is -1.73. The first-order valence-corrected chi connectivity index (χ1v) is 4.75. The number of anilines is 1. The maximum Gasteiger partial charge on any atom is 0.121 e. The SMILES string of the molecule is COc1ccc(C#N)c(NCC(C)N)c1. The molecule has 0 saturated carbocycles. The molecule has 0 fully saturated rings. The van der Waals surface area contributed by atoms with Crippen LogP contribution in [0.5, 0.6) is 5.75 Å². The molecule has 3 N–H and O–H groups in total. The number of nitrogens with zero attached hydrogens (tertiary/aromatic N) is 1. The van der Waals surface area contributed by atoms with Crippen LogP contribution in [0.25, 0.3) is 0 Å². The second kappa shape index (κ2) is 5.23. The van der Waals surface area contributed by atoms with Gasteiger partial charge in [0.05, 0.1) is 18.4 Å². The third-order valence-corrected chi connectivity index (χ3v) is 1.96. The van der Waals surface area contributed by atoms with Gasteiger partial charge in [0.15, 0.2) is 0 Å². The molecule has 1 rings (SSSR count). The Bertz CT molecular complexity index is 369. The van der Waals surface area contributed by atoms with E-state index in [2.05, 4.69) is 11.4 Å². The van der Waals surface area contributed by atoms with Crippen LogP contribution >= 0.6 is 0 Å². The second-order valence-corrected chi connectivity index (χ2v) is 3.38. The summed E-state index contributed by atoms with van der Waals surface area (Å²) in [5.74, 6) is 0.723. The van der Waals surface area contributed by atoms with Gasteiger partial charge in [0, 0.05) is 18.7 Å². The minimum absolute atomic E-state index is 0.0442. The molecular formula is C11H15N3O. The van der Waals surface area contributed by atoms with E-state index in [0.717, 1.165) is 11.4 Å². The van der Waals surface area contributed by atoms with Crippen molar-refractivity contribution in [1.29, 1.82) is 5.26 Å². The van der Waals surface area contributed by atoms with Gasteiger partial charge < -0.3 is 15.8 Å². The third kappa shape index (κ3) is 3.15. The van der Waals surface area contributed by atoms with Gasteiger partial charge in [0.2, 0.25) is 0 Å². The largest absolute Gasteiger partial charge is 0.497 e. The number of rotatable bonds is 4. The zero-order valence-electron chi connectivity index (χ0n) is 8.95. The summed E-state index contributed by atoms with van der Waals surface area (Å²) in [5, 5.41) is 12.0. The van der Waals surface area contributed by atoms with E-state index in [1.165, 1.54) is 0 Å². The summed E-state index contributed by atoms with van der Waals surface area (Å²) < 4.78 is 5.08. The molecule has 0 bridgehead atoms. The Morgan fingerprint density at radius 2 is 2.33 bits per heavy atom. The first-order valence-electron chi connectivity index (χ1n) is 4.75. The van der Waals surface area contributed by atoms with Gasteiger partial charge in [-0.2, -0.15) is 5.26 Å². The predicted octanol–water partition coefficient (Wildman–Crippen LogP) is 1.33. The fourth-order valence-corrected chi connectivity index (χ4v) is 1.17. The maximum absolute atomic E-state index is 8.89. The molecule has 80 valence electrons. The summed E-state index contributed by atoms with van der Waals surface area (Å²) in [6, 6.07) is 7.43. The lowest BCUT2D eigenvalue weighted by Gasteiger charge is -2.11. The Morgan fingerprint density at radius 1 is 1.60 bits per heavy atom. The van der Waals surface area contributed by atoms with Crippen LogP contribution in [0.2, 0.25) is 0 Å². The molecule has 0 aliphatic heterocycles. The quantitative estimate of drug-likeness (QED) is 0.777. The maximum atomic E-state index is 8.89. The summed E-state index contributed by atoms with van der Waals surface area (Å²) in [7, 11) is 1.59. The van der Waals surface area contributed by atoms with Gasteiger partial charge in [-0.3, -0.25) is 0 Å². The van der Waals surface area contributed by atoms with Crippen molar-refractivity contribution in [3.63, 3.8) is 0 Å². The number of nitrogens with two attached hydrogens (primary N) is 1. The molecule has 0 radical (unpaired) electrons. The lowest BCUT2D eigenvalue weighted by Crippen LogP contribution is -2.25. The molecule has 15 heavy (non-hydrogen) atoms. The van der Waals surface area contributed by atoms with Gasteiger partial charge in [0.1, 0.15) is 11.8 Å². The molecule has 0 saturated heterocycles. The number of methoxy groups -OCH3 is 1. The van der Waals surface area contributed by atoms with Gasteiger partial charge in [0.25, 0.3) is 0 Å². The van der Waals surface area contributed by atoms with Crippen molar-refractivity contribution in [3.8, 4) is 11.8 Å². The smallest absolute Gasteiger partial charge is 0.121 e. The van der Waals surface area contributed by atoms with Crippen molar-refractivity contribution in [2.45, 2.75) is 13.0 Å². The van der Waals surface area contributed by atoms with Crippen LogP contribution in [0.15, 0.2) is 18.2 Å². The van der Waals surface area contributed by atoms with Crippen molar-refractivity contribution in [2.24, 2.45) is 5.73 Å². The molecule has 0 spiro atoms. The fraction of sp³-hybridized carbons (Fsp3) is 0.364. The molecule has 1 aromatic carbocycles. The fourth-order valence-electron chi connectivity index (χ4n) is 1.17. The summed E-state index contributed by atoms with van der Waals surface area (Å²) in [5.41, 5.74) is 6.98. The lowest BCUT2D eigenvalue weighted by atomic mass is 10.2. The van der Waals surface area contributed by atoms with Crippen molar-refractivity contribution >= 4 is 5.69 Å². The van der Waals surface area contributed by atoms with Crippen LogP contribution in [0.3, 0.4) is 0 Å². The molecule has 1 atom stereocenters. The van der Waals surface area contributed by atoms with Gasteiger partial charge in [-0.15, -0.1) is 0 Å². The van der Waals surface area contributed by atoms with Gasteiger partial charge >= 0.3 is 0 Å². The molecule has 0 aliphatic rings. The zero-order valence-corrected chi connectivity index (χ0v) is 8.95. The van der Waals surface area contributed by atoms with Crippen LogP contribution in [-0.4, -0.2) is 19.7 Å². The molecule has 4 heteroatoms. The van der Waals surface area contributed by atoms with Crippen molar-refractivity contribution in [2.75, 3.05) is 19.0 Å². The number of hydrogen-bond acceptors (Lipinski definition) is 4. The van der Waals surface area contributed by atoms with Gasteiger partial charge in [-0.25, -0.2) is 0 Å². The van der Waals surface area contributed by atoms with Crippen LogP contribution in [0, 0.1) is 11.3 Å². The average Bonchev–Trinajstić information content (AvgIpc) is 2.25. The summed E-state index contributed by atoms with van der Waals surface area (Å²) in [6.07, 6.45) is 0. The van der Waals surface area contributed by atoms with E-state index in [9.17, 15) is 0 Å². The number of nitrogens with one attached hydrogen (secondary N) is 1. The molecular weight excluding hydrogens is 190 g/mol. The normalized spacial score (nSPS) is 11.6. The Morgan fingerprint density at radius 3 is 2.87 bits per heavy atom. The molecule has 0 heterocycles. The van der Waals surface area contributed by atoms with Gasteiger partial charge in [-0.05, 0) is 19.1 Å². The Balaban J connectivity index is 2.87. The number of nitriles is 1. The number of ether oxygens (including phenoxy) is 1. The molecule has 0 aromatic heterocycles. The topological polar surface area (TPSA) is 71.1 Å². The number of benzene rings is 1. The summed E-state index contributed by atoms with van der Waals surface area (Å²) in [6.45, 7) is 2.53. The van der Waals surface area contributed by atoms with E-state index in [1.54, 1.807) is 25.3 Å². The highest BCUT2D eigenvalue weighted by atomic mass is 16.5. The first-order chi connectivity index (χ1) is 7.17. The van der Waals surface area contributed by atoms with Crippen molar-refractivity contribution in [1.82, 2.24) is 0 Å². The van der Waals surface area contributed by atoms with Gasteiger partial charge in [-0.1, -0.05) is 0 Å². The first kappa shape index (κ1) is 11.3. The third-order valence-electron chi connectivity index (χ3n) is 1.96. The Kier molecular flexibility index (Phi) is 3.95. The summed E-state index contributed by atoms with van der Waals surface area (Å²) >= 11 is 0. The minimum atomic E-state index is 0.0442. The number of hydrogen-bond donors (Lipinski definition) is 2. The molecule has 0 amide bonds.